The Labute approximate surface area is 162 Å². The van der Waals surface area contributed by atoms with E-state index in [0.717, 1.165) is 16.3 Å². The Kier molecular flexibility index (Phi) is 7.37. The van der Waals surface area contributed by atoms with Gasteiger partial charge in [-0.3, -0.25) is 10.1 Å². The number of amidine groups is 1. The second-order valence-electron chi connectivity index (χ2n) is 4.93. The van der Waals surface area contributed by atoms with Gasteiger partial charge in [-0.05, 0) is 42.3 Å². The molecule has 0 bridgehead atoms. The number of aromatic nitrogens is 2. The lowest BCUT2D eigenvalue weighted by Crippen LogP contribution is -2.23. The lowest BCUT2D eigenvalue weighted by atomic mass is 10.3. The lowest BCUT2D eigenvalue weighted by molar-refractivity contribution is 0.414. The number of nitrogens with zero attached hydrogens (tertiary/aromatic N) is 2. The Hall–Kier alpha value is -2.64. The van der Waals surface area contributed by atoms with Crippen LogP contribution in [0.25, 0.3) is 0 Å². The number of methoxy groups -OCH3 is 1. The molecule has 0 spiro atoms. The van der Waals surface area contributed by atoms with Crippen LogP contribution in [-0.4, -0.2) is 30.2 Å². The summed E-state index contributed by atoms with van der Waals surface area (Å²) >= 11 is 7.52. The SMILES string of the molecule is C=C/C=C(\C=C)NC(=NC)c1cc(NSc2ccc(OC)c(Cl)c2)n[nH]1. The minimum atomic E-state index is 0.553. The maximum Gasteiger partial charge on any atom is 0.158 e. The number of ether oxygens (including phenoxy) is 1. The molecule has 6 nitrogen and oxygen atoms in total. The topological polar surface area (TPSA) is 74.3 Å². The molecular formula is C18H20ClN5OS. The maximum atomic E-state index is 6.13. The van der Waals surface area contributed by atoms with Crippen LogP contribution in [0.3, 0.4) is 0 Å². The Morgan fingerprint density at radius 3 is 2.81 bits per heavy atom. The monoisotopic (exact) mass is 389 g/mol. The van der Waals surface area contributed by atoms with Crippen LogP contribution in [-0.2, 0) is 0 Å². The lowest BCUT2D eigenvalue weighted by Gasteiger charge is -2.07. The minimum absolute atomic E-state index is 0.553. The fourth-order valence-electron chi connectivity index (χ4n) is 1.99. The van der Waals surface area contributed by atoms with E-state index in [1.54, 1.807) is 32.4 Å². The van der Waals surface area contributed by atoms with Crippen LogP contribution >= 0.6 is 23.5 Å². The molecule has 0 atom stereocenters. The average molecular weight is 390 g/mol. The van der Waals surface area contributed by atoms with E-state index < -0.39 is 0 Å². The minimum Gasteiger partial charge on any atom is -0.495 e. The van der Waals surface area contributed by atoms with Gasteiger partial charge in [0.15, 0.2) is 11.7 Å². The van der Waals surface area contributed by atoms with Crippen LogP contribution in [0.2, 0.25) is 5.02 Å². The van der Waals surface area contributed by atoms with Gasteiger partial charge >= 0.3 is 0 Å². The third-order valence-corrected chi connectivity index (χ3v) is 4.33. The van der Waals surface area contributed by atoms with E-state index >= 15 is 0 Å². The second-order valence-corrected chi connectivity index (χ2v) is 6.21. The number of anilines is 1. The van der Waals surface area contributed by atoms with E-state index in [2.05, 4.69) is 38.4 Å². The molecule has 1 heterocycles. The summed E-state index contributed by atoms with van der Waals surface area (Å²) < 4.78 is 8.30. The number of hydrogen-bond acceptors (Lipinski definition) is 5. The smallest absolute Gasteiger partial charge is 0.158 e. The highest BCUT2D eigenvalue weighted by atomic mass is 35.5. The van der Waals surface area contributed by atoms with Crippen molar-refractivity contribution in [1.29, 1.82) is 0 Å². The first-order valence-electron chi connectivity index (χ1n) is 7.62. The molecule has 0 radical (unpaired) electrons. The first-order valence-corrected chi connectivity index (χ1v) is 8.81. The van der Waals surface area contributed by atoms with Crippen molar-refractivity contribution in [3.8, 4) is 5.75 Å². The van der Waals surface area contributed by atoms with Crippen LogP contribution in [0, 0.1) is 0 Å². The summed E-state index contributed by atoms with van der Waals surface area (Å²) in [5.74, 6) is 1.93. The normalized spacial score (nSPS) is 11.8. The molecule has 8 heteroatoms. The number of halogens is 1. The highest BCUT2D eigenvalue weighted by Gasteiger charge is 2.09. The van der Waals surface area contributed by atoms with Crippen molar-refractivity contribution in [2.45, 2.75) is 4.90 Å². The summed E-state index contributed by atoms with van der Waals surface area (Å²) in [4.78, 5) is 5.17. The first kappa shape index (κ1) is 19.7. The Balaban J connectivity index is 2.04. The molecule has 1 aromatic heterocycles. The van der Waals surface area contributed by atoms with Crippen LogP contribution in [0.4, 0.5) is 5.82 Å². The summed E-state index contributed by atoms with van der Waals surface area (Å²) in [7, 11) is 3.28. The van der Waals surface area contributed by atoms with E-state index in [4.69, 9.17) is 16.3 Å². The largest absolute Gasteiger partial charge is 0.495 e. The predicted octanol–water partition coefficient (Wildman–Crippen LogP) is 4.41. The molecule has 0 saturated heterocycles. The van der Waals surface area contributed by atoms with Crippen molar-refractivity contribution in [3.63, 3.8) is 0 Å². The standard InChI is InChI=1S/C18H20ClN5OS/c1-5-7-12(6-2)21-18(20-3)15-11-17(23-22-15)24-26-13-8-9-16(25-4)14(19)10-13/h5-11H,1-2H2,3-4H3,(H,20,21)(H2,22,23,24)/b12-7+. The van der Waals surface area contributed by atoms with Crippen molar-refractivity contribution >= 4 is 35.2 Å². The van der Waals surface area contributed by atoms with E-state index in [0.29, 0.717) is 22.4 Å². The van der Waals surface area contributed by atoms with Crippen molar-refractivity contribution in [1.82, 2.24) is 15.5 Å². The van der Waals surface area contributed by atoms with E-state index in [1.165, 1.54) is 11.9 Å². The molecule has 136 valence electrons. The number of rotatable bonds is 8. The molecule has 0 amide bonds. The highest BCUT2D eigenvalue weighted by Crippen LogP contribution is 2.30. The predicted molar refractivity (Wildman–Crippen MR) is 110 cm³/mol. The number of H-pyrrole nitrogens is 1. The second kappa shape index (κ2) is 9.74. The van der Waals surface area contributed by atoms with Gasteiger partial charge in [0.1, 0.15) is 11.4 Å². The fourth-order valence-corrected chi connectivity index (χ4v) is 2.95. The maximum absolute atomic E-state index is 6.13. The van der Waals surface area contributed by atoms with Gasteiger partial charge in [0.05, 0.1) is 12.1 Å². The van der Waals surface area contributed by atoms with Gasteiger partial charge in [-0.1, -0.05) is 30.8 Å². The van der Waals surface area contributed by atoms with Crippen molar-refractivity contribution in [2.24, 2.45) is 4.99 Å². The molecule has 2 rings (SSSR count). The third-order valence-electron chi connectivity index (χ3n) is 3.23. The fraction of sp³-hybridized carbons (Fsp3) is 0.111. The van der Waals surface area contributed by atoms with Gasteiger partial charge in [0.25, 0.3) is 0 Å². The van der Waals surface area contributed by atoms with Crippen LogP contribution in [0.5, 0.6) is 5.75 Å². The molecule has 0 aliphatic heterocycles. The number of benzene rings is 1. The van der Waals surface area contributed by atoms with E-state index in [9.17, 15) is 0 Å². The zero-order valence-corrected chi connectivity index (χ0v) is 16.1. The summed E-state index contributed by atoms with van der Waals surface area (Å²) in [5, 5.41) is 10.9. The molecule has 0 aliphatic rings. The van der Waals surface area contributed by atoms with E-state index in [-0.39, 0.29) is 0 Å². The molecule has 0 aliphatic carbocycles. The summed E-state index contributed by atoms with van der Waals surface area (Å²) in [6.45, 7) is 7.43. The number of nitrogens with one attached hydrogen (secondary N) is 3. The quantitative estimate of drug-likeness (QED) is 0.270. The number of aromatic amines is 1. The summed E-state index contributed by atoms with van der Waals surface area (Å²) in [6, 6.07) is 7.40. The number of hydrogen-bond donors (Lipinski definition) is 3. The van der Waals surface area contributed by atoms with Gasteiger partial charge in [-0.15, -0.1) is 0 Å². The molecule has 2 aromatic rings. The Bertz CT molecular complexity index is 844. The first-order chi connectivity index (χ1) is 12.6. The Morgan fingerprint density at radius 1 is 1.38 bits per heavy atom. The molecule has 0 saturated carbocycles. The van der Waals surface area contributed by atoms with Crippen LogP contribution < -0.4 is 14.8 Å². The van der Waals surface area contributed by atoms with Crippen LogP contribution in [0.1, 0.15) is 5.69 Å². The van der Waals surface area contributed by atoms with Gasteiger partial charge in [-0.25, -0.2) is 0 Å². The van der Waals surface area contributed by atoms with Gasteiger partial charge < -0.3 is 14.8 Å². The molecule has 0 unspecified atom stereocenters. The Morgan fingerprint density at radius 2 is 2.19 bits per heavy atom. The van der Waals surface area contributed by atoms with Crippen molar-refractivity contribution in [2.75, 3.05) is 18.9 Å². The van der Waals surface area contributed by atoms with Gasteiger partial charge in [-0.2, -0.15) is 5.10 Å². The number of aliphatic imine (C=N–C) groups is 1. The highest BCUT2D eigenvalue weighted by molar-refractivity contribution is 8.00. The molecule has 26 heavy (non-hydrogen) atoms. The molecule has 3 N–H and O–H groups in total. The average Bonchev–Trinajstić information content (AvgIpc) is 3.12. The number of allylic oxidation sites excluding steroid dienone is 3. The third kappa shape index (κ3) is 5.18. The summed E-state index contributed by atoms with van der Waals surface area (Å²) in [5.41, 5.74) is 1.52. The van der Waals surface area contributed by atoms with Crippen LogP contribution in [0.15, 0.2) is 71.2 Å². The summed E-state index contributed by atoms with van der Waals surface area (Å²) in [6.07, 6.45) is 5.16. The zero-order chi connectivity index (χ0) is 18.9. The zero-order valence-electron chi connectivity index (χ0n) is 14.5. The molecule has 1 aromatic carbocycles. The van der Waals surface area contributed by atoms with Gasteiger partial charge in [0, 0.05) is 23.7 Å². The van der Waals surface area contributed by atoms with E-state index in [1.807, 2.05) is 24.3 Å². The van der Waals surface area contributed by atoms with Crippen molar-refractivity contribution in [3.05, 3.63) is 72.1 Å². The van der Waals surface area contributed by atoms with Crippen molar-refractivity contribution < 1.29 is 4.74 Å². The molecule has 0 fully saturated rings. The van der Waals surface area contributed by atoms with Gasteiger partial charge in [0.2, 0.25) is 0 Å². The molecular weight excluding hydrogens is 370 g/mol.